The van der Waals surface area contributed by atoms with Gasteiger partial charge in [0.25, 0.3) is 0 Å². The van der Waals surface area contributed by atoms with E-state index in [1.165, 1.54) is 62.8 Å². The van der Waals surface area contributed by atoms with Crippen molar-refractivity contribution in [3.8, 4) is 34.1 Å². The van der Waals surface area contributed by atoms with E-state index in [2.05, 4.69) is 25.3 Å². The molecule has 21 nitrogen and oxygen atoms in total. The fourth-order valence-corrected chi connectivity index (χ4v) is 9.75. The van der Waals surface area contributed by atoms with Crippen LogP contribution in [0.15, 0.2) is 167 Å². The number of carbonyl (C=O) groups is 6. The SMILES string of the molecule is COC(=O)c1nc([C@@H](N)C(C)C)oc1-c1c[nH]c2ccc(F)cc12.COC(=O)c1nc([C@@H](NC(=O)[C@@H](CC(=O)OCc2ccccc2)Cc2ccc(O)cc2)C(C)C)oc1-c1c[nH]c2ccc(F)cc12.O=C(C[C@@H](Cc1ccc(O)cc1)C(=O)O)OCc1ccccc1.[2H]CF. The first-order chi connectivity index (χ1) is 46.0. The van der Waals surface area contributed by atoms with E-state index in [9.17, 15) is 57.3 Å². The van der Waals surface area contributed by atoms with Crippen LogP contribution in [0.5, 0.6) is 11.5 Å². The van der Waals surface area contributed by atoms with E-state index in [1.807, 2.05) is 88.4 Å². The molecule has 0 bridgehead atoms. The van der Waals surface area contributed by atoms with Gasteiger partial charge in [-0.1, -0.05) is 113 Å². The number of methoxy groups -OCH3 is 2. The number of oxazole rings is 2. The third-order valence-corrected chi connectivity index (χ3v) is 14.9. The van der Waals surface area contributed by atoms with Crippen molar-refractivity contribution >= 4 is 57.6 Å². The Bertz CT molecular complexity index is 4220. The number of phenolic OH excluding ortho intramolecular Hbond substituents is 2. The molecule has 0 aliphatic heterocycles. The molecule has 4 aromatic heterocycles. The molecule has 95 heavy (non-hydrogen) atoms. The number of aromatic hydroxyl groups is 2. The van der Waals surface area contributed by atoms with E-state index in [0.29, 0.717) is 32.9 Å². The summed E-state index contributed by atoms with van der Waals surface area (Å²) in [5, 5.41) is 32.2. The van der Waals surface area contributed by atoms with Gasteiger partial charge in [-0.05, 0) is 108 Å². The summed E-state index contributed by atoms with van der Waals surface area (Å²) in [4.78, 5) is 89.5. The van der Waals surface area contributed by atoms with Crippen molar-refractivity contribution < 1.29 is 86.4 Å². The van der Waals surface area contributed by atoms with Crippen LogP contribution in [0.2, 0.25) is 0 Å². The zero-order valence-corrected chi connectivity index (χ0v) is 52.8. The number of aromatic nitrogens is 4. The summed E-state index contributed by atoms with van der Waals surface area (Å²) in [5.74, 6) is -6.02. The van der Waals surface area contributed by atoms with Crippen molar-refractivity contribution in [1.82, 2.24) is 25.3 Å². The molecule has 0 aliphatic carbocycles. The molecule has 0 aliphatic rings. The Balaban J connectivity index is 0.000000218. The van der Waals surface area contributed by atoms with Gasteiger partial charge in [0.2, 0.25) is 17.7 Å². The summed E-state index contributed by atoms with van der Waals surface area (Å²) < 4.78 is 75.5. The predicted octanol–water partition coefficient (Wildman–Crippen LogP) is 13.0. The van der Waals surface area contributed by atoms with Gasteiger partial charge in [-0.15, -0.1) is 0 Å². The normalized spacial score (nSPS) is 12.3. The number of aliphatic carboxylic acids is 1. The highest BCUT2D eigenvalue weighted by Crippen LogP contribution is 2.37. The largest absolute Gasteiger partial charge is 0.508 e. The molecule has 10 rings (SSSR count). The van der Waals surface area contributed by atoms with Crippen LogP contribution < -0.4 is 11.1 Å². The molecule has 0 radical (unpaired) electrons. The van der Waals surface area contributed by atoms with E-state index in [-0.39, 0.29) is 103 Å². The number of nitrogens with two attached hydrogens (primary N) is 1. The van der Waals surface area contributed by atoms with Gasteiger partial charge in [-0.25, -0.2) is 28.3 Å². The number of fused-ring (bicyclic) bond motifs is 2. The van der Waals surface area contributed by atoms with Gasteiger partial charge in [0, 0.05) is 45.3 Å². The van der Waals surface area contributed by atoms with Crippen LogP contribution in [0.25, 0.3) is 44.5 Å². The maximum absolute atomic E-state index is 14.2. The highest BCUT2D eigenvalue weighted by atomic mass is 19.1. The average molecular weight is 1310 g/mol. The number of H-pyrrole nitrogens is 2. The van der Waals surface area contributed by atoms with Crippen molar-refractivity contribution in [2.45, 2.75) is 78.7 Å². The number of esters is 4. The van der Waals surface area contributed by atoms with E-state index < -0.39 is 72.6 Å². The van der Waals surface area contributed by atoms with Crippen LogP contribution in [0, 0.1) is 35.3 Å². The number of aromatic amines is 2. The number of alkyl halides is 1. The monoisotopic (exact) mass is 1310 g/mol. The van der Waals surface area contributed by atoms with Gasteiger partial charge in [0.15, 0.2) is 22.9 Å². The van der Waals surface area contributed by atoms with Gasteiger partial charge in [0.05, 0.1) is 53.5 Å². The third kappa shape index (κ3) is 19.5. The van der Waals surface area contributed by atoms with Crippen molar-refractivity contribution in [3.63, 3.8) is 0 Å². The van der Waals surface area contributed by atoms with Crippen LogP contribution in [0.1, 0.15) is 109 Å². The molecule has 1 amide bonds. The number of halogens is 3. The lowest BCUT2D eigenvalue weighted by Gasteiger charge is -2.23. The summed E-state index contributed by atoms with van der Waals surface area (Å²) in [6.45, 7) is 7.73. The number of benzene rings is 6. The molecule has 0 fully saturated rings. The molecule has 498 valence electrons. The maximum Gasteiger partial charge on any atom is 0.360 e. The Hall–Kier alpha value is -11.0. The number of hydrogen-bond donors (Lipinski definition) is 7. The first-order valence-corrected chi connectivity index (χ1v) is 29.8. The number of amides is 1. The van der Waals surface area contributed by atoms with Gasteiger partial charge in [0.1, 0.15) is 42.4 Å². The minimum atomic E-state index is -1.05. The minimum absolute atomic E-state index is 0.0220. The molecule has 0 unspecified atom stereocenters. The standard InChI is InChI=1S/C35H34FN3O7.C18H18O5.C17H18FN3O3.CH3F/c1-20(2)30(34-39-31(35(43)44-3)32(46-34)27-18-37-28-14-11-24(36)17-26(27)28)38-33(42)23(15-21-9-12-25(40)13-10-21)16-29(41)45-19-22-7-5-4-6-8-22;19-16-8-6-13(7-9-16)10-15(18(21)22)11-17(20)23-12-14-4-2-1-3-5-14;1-8(2)13(19)16-21-14(17(22)23-3)15(24-16)11-7-20-12-5-4-9(18)6-10(11)12;1-2/h4-14,17-18,20,23,30,37,40H,15-16,19H2,1-3H3,(H,38,42);1-9,15,19H,10-12H2,(H,21,22);4-8,13,20H,19H2,1-3H3;1H3/t23-,30+;15-;13-;/m110./s1/i;;;1D. The Kier molecular flexibility index (Phi) is 25.0. The summed E-state index contributed by atoms with van der Waals surface area (Å²) in [7, 11) is 1.47. The molecule has 4 heterocycles. The second-order valence-electron chi connectivity index (χ2n) is 22.4. The molecule has 0 spiro atoms. The Labute approximate surface area is 545 Å². The molecule has 6 aromatic carbocycles. The summed E-state index contributed by atoms with van der Waals surface area (Å²) >= 11 is 0. The highest BCUT2D eigenvalue weighted by molar-refractivity contribution is 6.02. The Morgan fingerprint density at radius 3 is 1.41 bits per heavy atom. The van der Waals surface area contributed by atoms with E-state index in [4.69, 9.17) is 34.9 Å². The Morgan fingerprint density at radius 1 is 0.589 bits per heavy atom. The first kappa shape index (κ1) is 69.9. The summed E-state index contributed by atoms with van der Waals surface area (Å²) in [5.41, 5.74) is 11.4. The first-order valence-electron chi connectivity index (χ1n) is 30.5. The summed E-state index contributed by atoms with van der Waals surface area (Å²) in [6.07, 6.45) is 3.21. The summed E-state index contributed by atoms with van der Waals surface area (Å²) in [6, 6.07) is 38.3. The van der Waals surface area contributed by atoms with Crippen molar-refractivity contribution in [2.75, 3.05) is 21.4 Å². The zero-order chi connectivity index (χ0) is 69.6. The number of nitrogens with zero attached hydrogens (tertiary/aromatic N) is 2. The number of carboxylic acids is 1. The molecule has 24 heteroatoms. The quantitative estimate of drug-likeness (QED) is 0.0231. The molecule has 10 aromatic rings. The fraction of sp³-hybridized carbons (Fsp3) is 0.268. The lowest BCUT2D eigenvalue weighted by molar-refractivity contribution is -0.152. The lowest BCUT2D eigenvalue weighted by Crippen LogP contribution is -2.38. The minimum Gasteiger partial charge on any atom is -0.508 e. The van der Waals surface area contributed by atoms with Crippen molar-refractivity contribution in [1.29, 1.82) is 0 Å². The smallest absolute Gasteiger partial charge is 0.360 e. The molecular weight excluding hydrogens is 1230 g/mol. The number of nitrogens with one attached hydrogen (secondary N) is 3. The van der Waals surface area contributed by atoms with Gasteiger partial charge < -0.3 is 64.1 Å². The number of hydrogen-bond acceptors (Lipinski definition) is 17. The van der Waals surface area contributed by atoms with Gasteiger partial charge in [-0.2, -0.15) is 0 Å². The van der Waals surface area contributed by atoms with E-state index in [1.54, 1.807) is 48.8 Å². The molecular formula is C71H73F3N6O15. The van der Waals surface area contributed by atoms with Gasteiger partial charge in [-0.3, -0.25) is 23.6 Å². The number of phenols is 2. The molecule has 0 saturated heterocycles. The second kappa shape index (κ2) is 34.1. The lowest BCUT2D eigenvalue weighted by atomic mass is 9.94. The Morgan fingerprint density at radius 2 is 1.00 bits per heavy atom. The number of ether oxygens (including phenoxy) is 4. The maximum atomic E-state index is 14.2. The molecule has 4 atom stereocenters. The fourth-order valence-electron chi connectivity index (χ4n) is 9.75. The topological polar surface area (TPSA) is 322 Å². The van der Waals surface area contributed by atoms with Crippen LogP contribution in [-0.2, 0) is 64.2 Å². The highest BCUT2D eigenvalue weighted by Gasteiger charge is 2.34. The second-order valence-corrected chi connectivity index (χ2v) is 22.4. The predicted molar refractivity (Wildman–Crippen MR) is 345 cm³/mol. The number of carbonyl (C=O) groups excluding carboxylic acids is 5. The van der Waals surface area contributed by atoms with Crippen LogP contribution in [-0.4, -0.2) is 92.4 Å². The molecule has 8 N–H and O–H groups in total. The van der Waals surface area contributed by atoms with Crippen LogP contribution in [0.4, 0.5) is 13.2 Å². The van der Waals surface area contributed by atoms with Crippen LogP contribution >= 0.6 is 0 Å². The average Bonchev–Trinajstić information content (AvgIpc) is 1.63. The van der Waals surface area contributed by atoms with Crippen molar-refractivity contribution in [2.24, 2.45) is 29.4 Å². The number of carboxylic acid groups (broad SMARTS) is 1. The van der Waals surface area contributed by atoms with Crippen molar-refractivity contribution in [3.05, 3.63) is 215 Å². The zero-order valence-electron chi connectivity index (χ0n) is 53.8. The van der Waals surface area contributed by atoms with Crippen LogP contribution in [0.3, 0.4) is 0 Å². The third-order valence-electron chi connectivity index (χ3n) is 14.9. The number of rotatable bonds is 23. The van der Waals surface area contributed by atoms with E-state index in [0.717, 1.165) is 22.3 Å². The van der Waals surface area contributed by atoms with E-state index >= 15 is 0 Å². The van der Waals surface area contributed by atoms with Gasteiger partial charge >= 0.3 is 29.8 Å². The molecule has 0 saturated carbocycles.